The number of aromatic nitrogens is 4. The fourth-order valence-electron chi connectivity index (χ4n) is 3.18. The molecule has 0 atom stereocenters. The molecule has 1 fully saturated rings. The first-order valence-electron chi connectivity index (χ1n) is 8.28. The first kappa shape index (κ1) is 18.0. The van der Waals surface area contributed by atoms with Crippen molar-refractivity contribution >= 4 is 38.3 Å². The Balaban J connectivity index is 1.57. The average Bonchev–Trinajstić information content (AvgIpc) is 3.11. The van der Waals surface area contributed by atoms with Crippen LogP contribution < -0.4 is 10.5 Å². The second-order valence-corrected chi connectivity index (χ2v) is 8.50. The monoisotopic (exact) mass is 408 g/mol. The van der Waals surface area contributed by atoms with Crippen LogP contribution in [0.1, 0.15) is 0 Å². The minimum atomic E-state index is -3.65. The highest BCUT2D eigenvalue weighted by molar-refractivity contribution is 7.89. The fourth-order valence-corrected chi connectivity index (χ4v) is 5.04. The summed E-state index contributed by atoms with van der Waals surface area (Å²) >= 11 is 6.15. The van der Waals surface area contributed by atoms with E-state index in [0.717, 1.165) is 4.68 Å². The molecule has 0 aromatic carbocycles. The third kappa shape index (κ3) is 2.99. The van der Waals surface area contributed by atoms with Crippen LogP contribution in [0.25, 0.3) is 11.0 Å². The fraction of sp³-hybridized carbons (Fsp3) is 0.312. The van der Waals surface area contributed by atoms with E-state index in [-0.39, 0.29) is 28.6 Å². The molecule has 0 saturated carbocycles. The summed E-state index contributed by atoms with van der Waals surface area (Å²) < 4.78 is 28.7. The number of H-pyrrole nitrogens is 1. The second kappa shape index (κ2) is 6.63. The summed E-state index contributed by atoms with van der Waals surface area (Å²) in [7, 11) is -2.13. The zero-order valence-corrected chi connectivity index (χ0v) is 16.0. The van der Waals surface area contributed by atoms with Crippen LogP contribution in [0.15, 0.2) is 40.4 Å². The van der Waals surface area contributed by atoms with Crippen molar-refractivity contribution in [3.63, 3.8) is 0 Å². The maximum atomic E-state index is 13.0. The molecule has 142 valence electrons. The number of aryl methyl sites for hydroxylation is 1. The Labute approximate surface area is 160 Å². The van der Waals surface area contributed by atoms with Crippen molar-refractivity contribution in [3.05, 3.63) is 46.1 Å². The van der Waals surface area contributed by atoms with Crippen LogP contribution in [0.5, 0.6) is 0 Å². The Morgan fingerprint density at radius 2 is 1.96 bits per heavy atom. The number of hydrogen-bond donors (Lipinski definition) is 1. The SMILES string of the molecule is Cn1ncc(N2CCN(S(=O)(=O)c3c[nH]c4ncccc34)CC2)c(Cl)c1=O. The van der Waals surface area contributed by atoms with Crippen LogP contribution >= 0.6 is 11.6 Å². The topological polar surface area (TPSA) is 104 Å². The molecule has 3 aromatic rings. The Bertz CT molecular complexity index is 1160. The Hall–Kier alpha value is -2.43. The Morgan fingerprint density at radius 3 is 2.70 bits per heavy atom. The van der Waals surface area contributed by atoms with E-state index in [2.05, 4.69) is 15.1 Å². The molecule has 0 bridgehead atoms. The van der Waals surface area contributed by atoms with Gasteiger partial charge in [-0.25, -0.2) is 18.1 Å². The van der Waals surface area contributed by atoms with Crippen molar-refractivity contribution in [1.29, 1.82) is 0 Å². The molecule has 9 nitrogen and oxygen atoms in total. The molecule has 0 spiro atoms. The largest absolute Gasteiger partial charge is 0.366 e. The summed E-state index contributed by atoms with van der Waals surface area (Å²) in [5.41, 5.74) is 0.677. The number of hydrogen-bond acceptors (Lipinski definition) is 6. The molecule has 0 radical (unpaired) electrons. The van der Waals surface area contributed by atoms with Crippen molar-refractivity contribution in [2.75, 3.05) is 31.1 Å². The molecule has 1 aliphatic heterocycles. The highest BCUT2D eigenvalue weighted by Crippen LogP contribution is 2.27. The van der Waals surface area contributed by atoms with Gasteiger partial charge in [-0.15, -0.1) is 0 Å². The zero-order valence-electron chi connectivity index (χ0n) is 14.5. The van der Waals surface area contributed by atoms with E-state index >= 15 is 0 Å². The van der Waals surface area contributed by atoms with Crippen molar-refractivity contribution in [1.82, 2.24) is 24.1 Å². The van der Waals surface area contributed by atoms with Crippen molar-refractivity contribution in [2.24, 2.45) is 7.05 Å². The van der Waals surface area contributed by atoms with Gasteiger partial charge >= 0.3 is 0 Å². The van der Waals surface area contributed by atoms with Gasteiger partial charge in [0.05, 0.1) is 11.9 Å². The van der Waals surface area contributed by atoms with Crippen molar-refractivity contribution < 1.29 is 8.42 Å². The molecule has 4 rings (SSSR count). The van der Waals surface area contributed by atoms with Crippen molar-refractivity contribution in [3.8, 4) is 0 Å². The molecule has 3 aromatic heterocycles. The highest BCUT2D eigenvalue weighted by atomic mass is 35.5. The van der Waals surface area contributed by atoms with Gasteiger partial charge in [0.15, 0.2) is 0 Å². The van der Waals surface area contributed by atoms with Crippen LogP contribution in [0.4, 0.5) is 5.69 Å². The minimum absolute atomic E-state index is 0.0894. The Kier molecular flexibility index (Phi) is 4.41. The number of sulfonamides is 1. The summed E-state index contributed by atoms with van der Waals surface area (Å²) in [4.78, 5) is 21.1. The van der Waals surface area contributed by atoms with Crippen LogP contribution in [0, 0.1) is 0 Å². The van der Waals surface area contributed by atoms with E-state index in [1.807, 2.05) is 4.90 Å². The number of fused-ring (bicyclic) bond motifs is 1. The summed E-state index contributed by atoms with van der Waals surface area (Å²) in [6, 6.07) is 3.44. The highest BCUT2D eigenvalue weighted by Gasteiger charge is 2.31. The number of pyridine rings is 1. The number of aromatic amines is 1. The van der Waals surface area contributed by atoms with E-state index in [4.69, 9.17) is 11.6 Å². The molecule has 1 N–H and O–H groups in total. The van der Waals surface area contributed by atoms with Gasteiger partial charge in [-0.1, -0.05) is 11.6 Å². The maximum Gasteiger partial charge on any atom is 0.287 e. The van der Waals surface area contributed by atoms with Gasteiger partial charge in [-0.2, -0.15) is 9.40 Å². The van der Waals surface area contributed by atoms with E-state index < -0.39 is 10.0 Å². The lowest BCUT2D eigenvalue weighted by Gasteiger charge is -2.35. The van der Waals surface area contributed by atoms with Crippen LogP contribution in [-0.2, 0) is 17.1 Å². The van der Waals surface area contributed by atoms with E-state index in [0.29, 0.717) is 29.8 Å². The normalized spacial score (nSPS) is 16.1. The van der Waals surface area contributed by atoms with Crippen LogP contribution in [0.2, 0.25) is 5.02 Å². The standard InChI is InChI=1S/C16H17ClN6O3S/c1-21-16(24)14(17)12(9-20-21)22-5-7-23(8-6-22)27(25,26)13-10-19-15-11(13)3-2-4-18-15/h2-4,9-10H,5-8H2,1H3,(H,18,19). The lowest BCUT2D eigenvalue weighted by atomic mass is 10.3. The van der Waals surface area contributed by atoms with Gasteiger partial charge in [0.1, 0.15) is 15.6 Å². The molecular weight excluding hydrogens is 392 g/mol. The van der Waals surface area contributed by atoms with E-state index in [1.54, 1.807) is 18.3 Å². The van der Waals surface area contributed by atoms with Gasteiger partial charge in [0, 0.05) is 51.0 Å². The predicted octanol–water partition coefficient (Wildman–Crippen LogP) is 0.821. The number of piperazine rings is 1. The maximum absolute atomic E-state index is 13.0. The number of nitrogens with one attached hydrogen (secondary N) is 1. The molecule has 0 unspecified atom stereocenters. The average molecular weight is 409 g/mol. The second-order valence-electron chi connectivity index (χ2n) is 6.22. The van der Waals surface area contributed by atoms with E-state index in [9.17, 15) is 13.2 Å². The van der Waals surface area contributed by atoms with Crippen molar-refractivity contribution in [2.45, 2.75) is 4.90 Å². The summed E-state index contributed by atoms with van der Waals surface area (Å²) in [6.45, 7) is 1.38. The quantitative estimate of drug-likeness (QED) is 0.688. The van der Waals surface area contributed by atoms with Crippen LogP contribution in [-0.4, -0.2) is 58.7 Å². The molecule has 11 heteroatoms. The first-order chi connectivity index (χ1) is 12.9. The third-order valence-electron chi connectivity index (χ3n) is 4.67. The molecule has 1 saturated heterocycles. The smallest absolute Gasteiger partial charge is 0.287 e. The molecule has 1 aliphatic rings. The first-order valence-corrected chi connectivity index (χ1v) is 10.1. The number of nitrogens with zero attached hydrogens (tertiary/aromatic N) is 5. The number of anilines is 1. The lowest BCUT2D eigenvalue weighted by Crippen LogP contribution is -2.49. The van der Waals surface area contributed by atoms with Gasteiger partial charge in [-0.3, -0.25) is 4.79 Å². The zero-order chi connectivity index (χ0) is 19.2. The minimum Gasteiger partial charge on any atom is -0.366 e. The van der Waals surface area contributed by atoms with E-state index in [1.165, 1.54) is 23.7 Å². The Morgan fingerprint density at radius 1 is 1.22 bits per heavy atom. The molecule has 0 aliphatic carbocycles. The number of halogens is 1. The van der Waals surface area contributed by atoms with Gasteiger partial charge in [0.2, 0.25) is 10.0 Å². The third-order valence-corrected chi connectivity index (χ3v) is 6.96. The van der Waals surface area contributed by atoms with Gasteiger partial charge in [-0.05, 0) is 12.1 Å². The number of rotatable bonds is 3. The lowest BCUT2D eigenvalue weighted by molar-refractivity contribution is 0.385. The summed E-state index contributed by atoms with van der Waals surface area (Å²) in [6.07, 6.45) is 4.61. The van der Waals surface area contributed by atoms with Gasteiger partial charge < -0.3 is 9.88 Å². The predicted molar refractivity (Wildman–Crippen MR) is 102 cm³/mol. The summed E-state index contributed by atoms with van der Waals surface area (Å²) in [5, 5.41) is 4.65. The van der Waals surface area contributed by atoms with Crippen LogP contribution in [0.3, 0.4) is 0 Å². The molecule has 4 heterocycles. The molecule has 27 heavy (non-hydrogen) atoms. The van der Waals surface area contributed by atoms with Gasteiger partial charge in [0.25, 0.3) is 5.56 Å². The molecular formula is C16H17ClN6O3S. The molecule has 0 amide bonds. The summed E-state index contributed by atoms with van der Waals surface area (Å²) in [5.74, 6) is 0.